The van der Waals surface area contributed by atoms with Gasteiger partial charge in [-0.15, -0.1) is 0 Å². The molecule has 0 saturated carbocycles. The van der Waals surface area contributed by atoms with Crippen LogP contribution in [0.5, 0.6) is 0 Å². The van der Waals surface area contributed by atoms with Crippen LogP contribution in [0.4, 0.5) is 22.7 Å². The minimum absolute atomic E-state index is 0.0698. The molecule has 56 heavy (non-hydrogen) atoms. The summed E-state index contributed by atoms with van der Waals surface area (Å²) in [6.45, 7) is 25.3. The second-order valence-electron chi connectivity index (χ2n) is 19.0. The lowest BCUT2D eigenvalue weighted by atomic mass is 9.84. The number of benzene rings is 4. The largest absolute Gasteiger partial charge is 0.326 e. The fraction of sp³-hybridized carbons (Fsp3) is 0.417. The Morgan fingerprint density at radius 3 is 0.750 bits per heavy atom. The van der Waals surface area contributed by atoms with Gasteiger partial charge in [0.2, 0.25) is 23.6 Å². The predicted octanol–water partition coefficient (Wildman–Crippen LogP) is 10.7. The summed E-state index contributed by atoms with van der Waals surface area (Å²) in [4.78, 5) is 56.3. The summed E-state index contributed by atoms with van der Waals surface area (Å²) >= 11 is 0. The monoisotopic (exact) mass is 758 g/mol. The van der Waals surface area contributed by atoms with Gasteiger partial charge < -0.3 is 21.3 Å². The lowest BCUT2D eigenvalue weighted by molar-refractivity contribution is -0.134. The third kappa shape index (κ3) is 12.4. The van der Waals surface area contributed by atoms with Gasteiger partial charge in [-0.25, -0.2) is 0 Å². The number of rotatable bonds is 11. The maximum absolute atomic E-state index is 14.4. The molecule has 8 heteroatoms. The number of anilines is 4. The van der Waals surface area contributed by atoms with Crippen LogP contribution in [0.25, 0.3) is 0 Å². The number of carbonyl (C=O) groups excluding carboxylic acids is 4. The van der Waals surface area contributed by atoms with Crippen molar-refractivity contribution in [3.05, 3.63) is 119 Å². The molecular formula is C48H62N4O4. The summed E-state index contributed by atoms with van der Waals surface area (Å²) in [5.41, 5.74) is 6.24. The first-order chi connectivity index (χ1) is 25.9. The molecule has 0 heterocycles. The fourth-order valence-electron chi connectivity index (χ4n) is 6.34. The minimum Gasteiger partial charge on any atom is -0.326 e. The number of hydrogen-bond acceptors (Lipinski definition) is 4. The summed E-state index contributed by atoms with van der Waals surface area (Å²) in [6.07, 6.45) is -0.691. The Hall–Kier alpha value is -5.24. The van der Waals surface area contributed by atoms with Crippen LogP contribution in [-0.4, -0.2) is 23.6 Å². The Balaban J connectivity index is 1.69. The van der Waals surface area contributed by atoms with Crippen LogP contribution < -0.4 is 21.3 Å². The number of carbonyl (C=O) groups is 4. The average molecular weight is 759 g/mol. The molecular weight excluding hydrogens is 697 g/mol. The molecule has 0 aliphatic rings. The average Bonchev–Trinajstić information content (AvgIpc) is 3.09. The Labute approximate surface area is 334 Å². The number of hydrogen-bond donors (Lipinski definition) is 4. The van der Waals surface area contributed by atoms with Crippen molar-refractivity contribution in [3.8, 4) is 0 Å². The summed E-state index contributed by atoms with van der Waals surface area (Å²) in [5, 5.41) is 11.7. The molecule has 4 aromatic rings. The molecule has 4 amide bonds. The molecule has 2 unspecified atom stereocenters. The Bertz CT molecular complexity index is 1820. The summed E-state index contributed by atoms with van der Waals surface area (Å²) < 4.78 is 0. The molecule has 0 aliphatic heterocycles. The van der Waals surface area contributed by atoms with Crippen molar-refractivity contribution in [2.75, 3.05) is 21.3 Å². The van der Waals surface area contributed by atoms with E-state index in [0.29, 0.717) is 22.7 Å². The number of nitrogens with one attached hydrogen (secondary N) is 4. The minimum atomic E-state index is -1.21. The van der Waals surface area contributed by atoms with Crippen molar-refractivity contribution in [1.29, 1.82) is 0 Å². The predicted molar refractivity (Wildman–Crippen MR) is 231 cm³/mol. The van der Waals surface area contributed by atoms with Crippen LogP contribution in [0.15, 0.2) is 97.1 Å². The van der Waals surface area contributed by atoms with Gasteiger partial charge in [-0.3, -0.25) is 19.2 Å². The summed E-state index contributed by atoms with van der Waals surface area (Å²) in [7, 11) is 0. The van der Waals surface area contributed by atoms with Crippen molar-refractivity contribution >= 4 is 46.4 Å². The third-order valence-corrected chi connectivity index (χ3v) is 10.1. The zero-order chi connectivity index (χ0) is 41.6. The van der Waals surface area contributed by atoms with E-state index in [1.54, 1.807) is 0 Å². The van der Waals surface area contributed by atoms with Gasteiger partial charge in [0.15, 0.2) is 0 Å². The van der Waals surface area contributed by atoms with Crippen molar-refractivity contribution in [1.82, 2.24) is 0 Å². The summed E-state index contributed by atoms with van der Waals surface area (Å²) in [6, 6.07) is 30.2. The van der Waals surface area contributed by atoms with Crippen LogP contribution in [0.3, 0.4) is 0 Å². The SMILES string of the molecule is CC(C)(C)c1ccc(NC(=O)CC(C(=O)Nc2ccc(C(C)(C)C)cc2)C(CC(=O)Nc2ccc(C(C)(C)C)cc2)C(=O)Nc2ccc(C(C)(C)C)cc2)cc1. The summed E-state index contributed by atoms with van der Waals surface area (Å²) in [5.74, 6) is -4.43. The molecule has 0 spiro atoms. The molecule has 0 fully saturated rings. The maximum Gasteiger partial charge on any atom is 0.228 e. The highest BCUT2D eigenvalue weighted by molar-refractivity contribution is 6.05. The van der Waals surface area contributed by atoms with Crippen molar-refractivity contribution < 1.29 is 19.2 Å². The van der Waals surface area contributed by atoms with Gasteiger partial charge >= 0.3 is 0 Å². The van der Waals surface area contributed by atoms with Gasteiger partial charge in [0.1, 0.15) is 0 Å². The van der Waals surface area contributed by atoms with E-state index in [1.165, 1.54) is 0 Å². The van der Waals surface area contributed by atoms with E-state index in [1.807, 2.05) is 97.1 Å². The van der Waals surface area contributed by atoms with Crippen molar-refractivity contribution in [3.63, 3.8) is 0 Å². The van der Waals surface area contributed by atoms with Gasteiger partial charge in [0, 0.05) is 35.6 Å². The second kappa shape index (κ2) is 17.3. The van der Waals surface area contributed by atoms with Gasteiger partial charge in [0.25, 0.3) is 0 Å². The normalized spacial score (nSPS) is 13.3. The molecule has 4 aromatic carbocycles. The third-order valence-electron chi connectivity index (χ3n) is 10.1. The smallest absolute Gasteiger partial charge is 0.228 e. The molecule has 298 valence electrons. The quantitative estimate of drug-likeness (QED) is 0.122. The van der Waals surface area contributed by atoms with E-state index in [9.17, 15) is 19.2 Å². The standard InChI is InChI=1S/C48H62N4O4/c1-45(2,3)31-13-21-35(22-14-31)49-41(53)29-39(43(55)51-37-25-17-33(18-26-37)47(7,8)9)40(44(56)52-38-27-19-34(20-28-38)48(10,11)12)30-42(54)50-36-23-15-32(16-24-36)46(4,5)6/h13-28,39-40H,29-30H2,1-12H3,(H,49,53)(H,50,54)(H,51,55)(H,52,56). The van der Waals surface area contributed by atoms with E-state index >= 15 is 0 Å². The van der Waals surface area contributed by atoms with Crippen LogP contribution in [0, 0.1) is 11.8 Å². The lowest BCUT2D eigenvalue weighted by Gasteiger charge is -2.26. The molecule has 8 nitrogen and oxygen atoms in total. The van der Waals surface area contributed by atoms with Crippen LogP contribution in [-0.2, 0) is 40.8 Å². The first-order valence-corrected chi connectivity index (χ1v) is 19.5. The molecule has 2 atom stereocenters. The molecule has 4 rings (SSSR count). The lowest BCUT2D eigenvalue weighted by Crippen LogP contribution is -2.40. The number of amides is 4. The van der Waals surface area contributed by atoms with Crippen LogP contribution in [0.2, 0.25) is 0 Å². The molecule has 0 aliphatic carbocycles. The van der Waals surface area contributed by atoms with Crippen LogP contribution in [0.1, 0.15) is 118 Å². The van der Waals surface area contributed by atoms with E-state index in [2.05, 4.69) is 104 Å². The highest BCUT2D eigenvalue weighted by Gasteiger charge is 2.37. The van der Waals surface area contributed by atoms with Gasteiger partial charge in [-0.2, -0.15) is 0 Å². The van der Waals surface area contributed by atoms with E-state index in [0.717, 1.165) is 22.3 Å². The van der Waals surface area contributed by atoms with Crippen molar-refractivity contribution in [2.24, 2.45) is 11.8 Å². The van der Waals surface area contributed by atoms with Gasteiger partial charge in [-0.05, 0) is 92.4 Å². The van der Waals surface area contributed by atoms with E-state index < -0.39 is 35.5 Å². The molecule has 0 aromatic heterocycles. The highest BCUT2D eigenvalue weighted by Crippen LogP contribution is 2.30. The van der Waals surface area contributed by atoms with Crippen molar-refractivity contribution in [2.45, 2.75) is 118 Å². The van der Waals surface area contributed by atoms with E-state index in [4.69, 9.17) is 0 Å². The second-order valence-corrected chi connectivity index (χ2v) is 19.0. The Morgan fingerprint density at radius 2 is 0.554 bits per heavy atom. The zero-order valence-corrected chi connectivity index (χ0v) is 35.4. The molecule has 0 radical (unpaired) electrons. The van der Waals surface area contributed by atoms with E-state index in [-0.39, 0.29) is 34.5 Å². The fourth-order valence-corrected chi connectivity index (χ4v) is 6.34. The highest BCUT2D eigenvalue weighted by atomic mass is 16.2. The van der Waals surface area contributed by atoms with Gasteiger partial charge in [-0.1, -0.05) is 132 Å². The first kappa shape index (κ1) is 43.5. The van der Waals surface area contributed by atoms with Crippen LogP contribution >= 0.6 is 0 Å². The maximum atomic E-state index is 14.4. The molecule has 4 N–H and O–H groups in total. The Kier molecular flexibility index (Phi) is 13.4. The first-order valence-electron chi connectivity index (χ1n) is 19.5. The Morgan fingerprint density at radius 1 is 0.357 bits per heavy atom. The zero-order valence-electron chi connectivity index (χ0n) is 35.4. The molecule has 0 saturated heterocycles. The molecule has 0 bridgehead atoms. The van der Waals surface area contributed by atoms with Gasteiger partial charge in [0.05, 0.1) is 11.8 Å². The topological polar surface area (TPSA) is 116 Å².